The van der Waals surface area contributed by atoms with E-state index in [9.17, 15) is 0 Å². The molecule has 0 amide bonds. The van der Waals surface area contributed by atoms with Gasteiger partial charge >= 0.3 is 0 Å². The number of benzene rings is 1. The van der Waals surface area contributed by atoms with Gasteiger partial charge in [0.25, 0.3) is 0 Å². The lowest BCUT2D eigenvalue weighted by molar-refractivity contribution is 0.229. The first kappa shape index (κ1) is 14.2. The minimum atomic E-state index is 0.404. The van der Waals surface area contributed by atoms with Gasteiger partial charge in [-0.1, -0.05) is 12.1 Å². The van der Waals surface area contributed by atoms with Gasteiger partial charge in [0.05, 0.1) is 0 Å². The third-order valence-corrected chi connectivity index (χ3v) is 5.56. The maximum Gasteiger partial charge on any atom is 0.119 e. The van der Waals surface area contributed by atoms with Crippen molar-refractivity contribution in [3.05, 3.63) is 29.8 Å². The summed E-state index contributed by atoms with van der Waals surface area (Å²) in [4.78, 5) is 2.42. The zero-order valence-corrected chi connectivity index (χ0v) is 12.9. The van der Waals surface area contributed by atoms with E-state index in [1.165, 1.54) is 24.2 Å². The molecule has 0 aliphatic carbocycles. The van der Waals surface area contributed by atoms with Gasteiger partial charge in [-0.3, -0.25) is 4.90 Å². The Kier molecular flexibility index (Phi) is 4.54. The summed E-state index contributed by atoms with van der Waals surface area (Å²) in [6, 6.07) is 9.21. The second kappa shape index (κ2) is 6.37. The van der Waals surface area contributed by atoms with E-state index in [4.69, 9.17) is 10.5 Å². The van der Waals surface area contributed by atoms with Crippen LogP contribution in [0.25, 0.3) is 0 Å². The van der Waals surface area contributed by atoms with Gasteiger partial charge in [-0.15, -0.1) is 0 Å². The normalized spacial score (nSPS) is 30.8. The van der Waals surface area contributed by atoms with Gasteiger partial charge in [-0.2, -0.15) is 11.8 Å². The summed E-state index contributed by atoms with van der Waals surface area (Å²) in [6.45, 7) is 1.90. The number of likely N-dealkylation sites (tertiary alicyclic amines) is 1. The standard InChI is InChI=1S/C16H24N2OS/c1-18-10-12(9-17)8-16(18)13-2-4-14(5-3-13)19-15-6-7-20-11-15/h2-5,12,15-16H,6-11,17H2,1H3. The molecule has 3 atom stereocenters. The number of rotatable bonds is 4. The van der Waals surface area contributed by atoms with Gasteiger partial charge in [-0.05, 0) is 55.8 Å². The van der Waals surface area contributed by atoms with Crippen molar-refractivity contribution in [1.82, 2.24) is 4.90 Å². The molecule has 2 aliphatic heterocycles. The van der Waals surface area contributed by atoms with Gasteiger partial charge in [0.2, 0.25) is 0 Å². The Labute approximate surface area is 125 Å². The van der Waals surface area contributed by atoms with Crippen LogP contribution in [0.2, 0.25) is 0 Å². The van der Waals surface area contributed by atoms with Crippen molar-refractivity contribution in [1.29, 1.82) is 0 Å². The Morgan fingerprint density at radius 1 is 1.35 bits per heavy atom. The fraction of sp³-hybridized carbons (Fsp3) is 0.625. The zero-order valence-electron chi connectivity index (χ0n) is 12.1. The fourth-order valence-corrected chi connectivity index (χ4v) is 4.33. The summed E-state index contributed by atoms with van der Waals surface area (Å²) in [5.41, 5.74) is 7.19. The van der Waals surface area contributed by atoms with E-state index in [1.54, 1.807) is 0 Å². The van der Waals surface area contributed by atoms with Crippen molar-refractivity contribution in [3.8, 4) is 5.75 Å². The average Bonchev–Trinajstić information content (AvgIpc) is 3.09. The maximum absolute atomic E-state index is 6.01. The van der Waals surface area contributed by atoms with Crippen molar-refractivity contribution >= 4 is 11.8 Å². The quantitative estimate of drug-likeness (QED) is 0.925. The number of nitrogens with zero attached hydrogens (tertiary/aromatic N) is 1. The Morgan fingerprint density at radius 3 is 2.75 bits per heavy atom. The second-order valence-electron chi connectivity index (χ2n) is 5.97. The predicted molar refractivity (Wildman–Crippen MR) is 85.3 cm³/mol. The first-order valence-corrected chi connectivity index (χ1v) is 8.66. The number of hydrogen-bond acceptors (Lipinski definition) is 4. The highest BCUT2D eigenvalue weighted by molar-refractivity contribution is 7.99. The maximum atomic E-state index is 6.01. The Hall–Kier alpha value is -0.710. The SMILES string of the molecule is CN1CC(CN)CC1c1ccc(OC2CCSC2)cc1. The van der Waals surface area contributed by atoms with Crippen LogP contribution in [0.4, 0.5) is 0 Å². The largest absolute Gasteiger partial charge is 0.490 e. The van der Waals surface area contributed by atoms with Crippen LogP contribution in [-0.2, 0) is 0 Å². The second-order valence-corrected chi connectivity index (χ2v) is 7.12. The molecule has 0 saturated carbocycles. The van der Waals surface area contributed by atoms with Gasteiger partial charge in [0.15, 0.2) is 0 Å². The highest BCUT2D eigenvalue weighted by atomic mass is 32.2. The predicted octanol–water partition coefficient (Wildman–Crippen LogP) is 2.52. The van der Waals surface area contributed by atoms with Gasteiger partial charge in [0, 0.05) is 18.3 Å². The lowest BCUT2D eigenvalue weighted by Gasteiger charge is -2.20. The Balaban J connectivity index is 1.63. The molecule has 3 unspecified atom stereocenters. The van der Waals surface area contributed by atoms with Crippen LogP contribution in [0.3, 0.4) is 0 Å². The molecule has 0 bridgehead atoms. The third kappa shape index (κ3) is 3.13. The van der Waals surface area contributed by atoms with Gasteiger partial charge < -0.3 is 10.5 Å². The van der Waals surface area contributed by atoms with E-state index in [0.717, 1.165) is 24.6 Å². The van der Waals surface area contributed by atoms with Crippen molar-refractivity contribution in [2.45, 2.75) is 25.0 Å². The first-order valence-electron chi connectivity index (χ1n) is 7.51. The summed E-state index contributed by atoms with van der Waals surface area (Å²) >= 11 is 1.98. The molecule has 2 heterocycles. The fourth-order valence-electron chi connectivity index (χ4n) is 3.23. The molecule has 1 aromatic carbocycles. The molecule has 3 rings (SSSR count). The average molecular weight is 292 g/mol. The monoisotopic (exact) mass is 292 g/mol. The molecule has 4 heteroatoms. The molecule has 1 aromatic rings. The van der Waals surface area contributed by atoms with Gasteiger partial charge in [-0.25, -0.2) is 0 Å². The van der Waals surface area contributed by atoms with E-state index in [0.29, 0.717) is 18.1 Å². The highest BCUT2D eigenvalue weighted by Crippen LogP contribution is 2.34. The lowest BCUT2D eigenvalue weighted by Crippen LogP contribution is -2.20. The lowest BCUT2D eigenvalue weighted by atomic mass is 10.00. The van der Waals surface area contributed by atoms with Crippen LogP contribution in [0.5, 0.6) is 5.75 Å². The van der Waals surface area contributed by atoms with E-state index >= 15 is 0 Å². The van der Waals surface area contributed by atoms with Crippen LogP contribution in [-0.4, -0.2) is 42.6 Å². The van der Waals surface area contributed by atoms with Crippen LogP contribution in [0, 0.1) is 5.92 Å². The third-order valence-electron chi connectivity index (χ3n) is 4.42. The van der Waals surface area contributed by atoms with Crippen LogP contribution in [0.15, 0.2) is 24.3 Å². The molecular formula is C16H24N2OS. The number of hydrogen-bond donors (Lipinski definition) is 1. The molecule has 0 spiro atoms. The molecule has 2 saturated heterocycles. The molecule has 110 valence electrons. The topological polar surface area (TPSA) is 38.5 Å². The van der Waals surface area contributed by atoms with E-state index in [-0.39, 0.29) is 0 Å². The molecule has 20 heavy (non-hydrogen) atoms. The number of ether oxygens (including phenoxy) is 1. The first-order chi connectivity index (χ1) is 9.76. The Bertz CT molecular complexity index is 431. The minimum absolute atomic E-state index is 0.404. The molecular weight excluding hydrogens is 268 g/mol. The van der Waals surface area contributed by atoms with Crippen molar-refractivity contribution in [3.63, 3.8) is 0 Å². The zero-order chi connectivity index (χ0) is 13.9. The summed E-state index contributed by atoms with van der Waals surface area (Å²) in [5, 5.41) is 0. The van der Waals surface area contributed by atoms with Crippen molar-refractivity contribution < 1.29 is 4.74 Å². The molecule has 3 nitrogen and oxygen atoms in total. The van der Waals surface area contributed by atoms with Gasteiger partial charge in [0.1, 0.15) is 11.9 Å². The molecule has 2 N–H and O–H groups in total. The molecule has 0 radical (unpaired) electrons. The van der Waals surface area contributed by atoms with Crippen LogP contribution >= 0.6 is 11.8 Å². The summed E-state index contributed by atoms with van der Waals surface area (Å²) < 4.78 is 6.01. The van der Waals surface area contributed by atoms with Crippen LogP contribution in [0.1, 0.15) is 24.4 Å². The molecule has 2 aliphatic rings. The number of thioether (sulfide) groups is 1. The summed E-state index contributed by atoms with van der Waals surface area (Å²) in [7, 11) is 2.19. The molecule has 2 fully saturated rings. The van der Waals surface area contributed by atoms with E-state index in [1.807, 2.05) is 11.8 Å². The van der Waals surface area contributed by atoms with Crippen molar-refractivity contribution in [2.75, 3.05) is 31.6 Å². The van der Waals surface area contributed by atoms with E-state index < -0.39 is 0 Å². The molecule has 0 aromatic heterocycles. The highest BCUT2D eigenvalue weighted by Gasteiger charge is 2.29. The smallest absolute Gasteiger partial charge is 0.119 e. The summed E-state index contributed by atoms with van der Waals surface area (Å²) in [6.07, 6.45) is 2.75. The van der Waals surface area contributed by atoms with Crippen molar-refractivity contribution in [2.24, 2.45) is 11.7 Å². The van der Waals surface area contributed by atoms with E-state index in [2.05, 4.69) is 36.2 Å². The Morgan fingerprint density at radius 2 is 2.15 bits per heavy atom. The number of nitrogens with two attached hydrogens (primary N) is 1. The minimum Gasteiger partial charge on any atom is -0.490 e. The summed E-state index contributed by atoms with van der Waals surface area (Å²) in [5.74, 6) is 4.01. The van der Waals surface area contributed by atoms with Crippen LogP contribution < -0.4 is 10.5 Å².